The Morgan fingerprint density at radius 1 is 1.39 bits per heavy atom. The number of ketones is 1. The highest BCUT2D eigenvalue weighted by molar-refractivity contribution is 5.88. The Morgan fingerprint density at radius 2 is 2.22 bits per heavy atom. The van der Waals surface area contributed by atoms with Crippen molar-refractivity contribution < 1.29 is 4.79 Å². The van der Waals surface area contributed by atoms with Gasteiger partial charge in [-0.25, -0.2) is 0 Å². The summed E-state index contributed by atoms with van der Waals surface area (Å²) in [7, 11) is 2.09. The van der Waals surface area contributed by atoms with E-state index in [0.717, 1.165) is 25.7 Å². The van der Waals surface area contributed by atoms with Crippen molar-refractivity contribution in [3.8, 4) is 0 Å². The van der Waals surface area contributed by atoms with Gasteiger partial charge in [0, 0.05) is 31.0 Å². The average Bonchev–Trinajstić information content (AvgIpc) is 2.87. The summed E-state index contributed by atoms with van der Waals surface area (Å²) in [6.07, 6.45) is 6.05. The van der Waals surface area contributed by atoms with Crippen molar-refractivity contribution in [1.82, 2.24) is 4.57 Å². The molecule has 2 nitrogen and oxygen atoms in total. The SMILES string of the molecule is Cc1cccc2c(CC3CCCC3=O)cn(C)c12. The molecule has 0 radical (unpaired) electrons. The van der Waals surface area contributed by atoms with Crippen LogP contribution in [0.5, 0.6) is 0 Å². The van der Waals surface area contributed by atoms with Crippen molar-refractivity contribution in [1.29, 1.82) is 0 Å². The molecule has 3 rings (SSSR count). The molecule has 0 N–H and O–H groups in total. The van der Waals surface area contributed by atoms with Crippen LogP contribution in [0.3, 0.4) is 0 Å². The number of para-hydroxylation sites is 1. The lowest BCUT2D eigenvalue weighted by atomic mass is 9.96. The molecule has 1 saturated carbocycles. The molecule has 1 aliphatic carbocycles. The molecule has 2 aromatic rings. The second kappa shape index (κ2) is 4.27. The zero-order valence-corrected chi connectivity index (χ0v) is 11.1. The van der Waals surface area contributed by atoms with E-state index >= 15 is 0 Å². The molecule has 0 amide bonds. The number of carbonyl (C=O) groups excluding carboxylic acids is 1. The Bertz CT molecular complexity index is 609. The number of benzene rings is 1. The van der Waals surface area contributed by atoms with Crippen LogP contribution in [-0.4, -0.2) is 10.4 Å². The lowest BCUT2D eigenvalue weighted by Crippen LogP contribution is -2.09. The van der Waals surface area contributed by atoms with Gasteiger partial charge in [-0.05, 0) is 37.3 Å². The second-order valence-corrected chi connectivity index (χ2v) is 5.50. The van der Waals surface area contributed by atoms with Crippen molar-refractivity contribution in [2.75, 3.05) is 0 Å². The van der Waals surface area contributed by atoms with Crippen molar-refractivity contribution in [2.45, 2.75) is 32.6 Å². The monoisotopic (exact) mass is 241 g/mol. The molecule has 1 aromatic heterocycles. The minimum absolute atomic E-state index is 0.260. The molecule has 94 valence electrons. The van der Waals surface area contributed by atoms with Crippen LogP contribution >= 0.6 is 0 Å². The molecule has 1 heterocycles. The molecule has 1 aromatic carbocycles. The predicted molar refractivity (Wildman–Crippen MR) is 73.7 cm³/mol. The highest BCUT2D eigenvalue weighted by atomic mass is 16.1. The van der Waals surface area contributed by atoms with Gasteiger partial charge < -0.3 is 4.57 Å². The highest BCUT2D eigenvalue weighted by Gasteiger charge is 2.25. The highest BCUT2D eigenvalue weighted by Crippen LogP contribution is 2.30. The minimum Gasteiger partial charge on any atom is -0.350 e. The van der Waals surface area contributed by atoms with Crippen LogP contribution in [0.15, 0.2) is 24.4 Å². The maximum atomic E-state index is 11.8. The topological polar surface area (TPSA) is 22.0 Å². The van der Waals surface area contributed by atoms with E-state index in [4.69, 9.17) is 0 Å². The van der Waals surface area contributed by atoms with Gasteiger partial charge in [-0.3, -0.25) is 4.79 Å². The summed E-state index contributed by atoms with van der Waals surface area (Å²) in [5.41, 5.74) is 3.94. The molecule has 1 unspecified atom stereocenters. The third kappa shape index (κ3) is 1.76. The molecule has 0 bridgehead atoms. The Morgan fingerprint density at radius 3 is 2.94 bits per heavy atom. The Balaban J connectivity index is 2.02. The van der Waals surface area contributed by atoms with Gasteiger partial charge in [0.15, 0.2) is 0 Å². The number of Topliss-reactive ketones (excluding diaryl/α,β-unsaturated/α-hetero) is 1. The van der Waals surface area contributed by atoms with E-state index in [1.165, 1.54) is 22.0 Å². The van der Waals surface area contributed by atoms with Crippen LogP contribution in [-0.2, 0) is 18.3 Å². The van der Waals surface area contributed by atoms with Gasteiger partial charge >= 0.3 is 0 Å². The smallest absolute Gasteiger partial charge is 0.136 e. The summed E-state index contributed by atoms with van der Waals surface area (Å²) >= 11 is 0. The molecule has 0 aliphatic heterocycles. The lowest BCUT2D eigenvalue weighted by molar-refractivity contribution is -0.120. The maximum Gasteiger partial charge on any atom is 0.136 e. The fourth-order valence-electron chi connectivity index (χ4n) is 3.29. The molecular weight excluding hydrogens is 222 g/mol. The van der Waals surface area contributed by atoms with Crippen molar-refractivity contribution in [3.63, 3.8) is 0 Å². The van der Waals surface area contributed by atoms with Gasteiger partial charge in [0.25, 0.3) is 0 Å². The van der Waals surface area contributed by atoms with Crippen molar-refractivity contribution in [2.24, 2.45) is 13.0 Å². The first kappa shape index (κ1) is 11.5. The number of aryl methyl sites for hydroxylation is 2. The van der Waals surface area contributed by atoms with Gasteiger partial charge in [-0.15, -0.1) is 0 Å². The molecule has 2 heteroatoms. The normalized spacial score (nSPS) is 19.9. The average molecular weight is 241 g/mol. The fraction of sp³-hybridized carbons (Fsp3) is 0.438. The maximum absolute atomic E-state index is 11.8. The third-order valence-corrected chi connectivity index (χ3v) is 4.18. The first-order valence-electron chi connectivity index (χ1n) is 6.73. The van der Waals surface area contributed by atoms with Crippen LogP contribution in [0.1, 0.15) is 30.4 Å². The summed E-state index contributed by atoms with van der Waals surface area (Å²) < 4.78 is 2.19. The predicted octanol–water partition coefficient (Wildman–Crippen LogP) is 3.40. The van der Waals surface area contributed by atoms with E-state index in [2.05, 4.69) is 42.9 Å². The van der Waals surface area contributed by atoms with Crippen LogP contribution in [0.4, 0.5) is 0 Å². The molecule has 1 atom stereocenters. The van der Waals surface area contributed by atoms with E-state index in [1.54, 1.807) is 0 Å². The van der Waals surface area contributed by atoms with Gasteiger partial charge in [0.05, 0.1) is 5.52 Å². The largest absolute Gasteiger partial charge is 0.350 e. The Labute approximate surface area is 108 Å². The number of fused-ring (bicyclic) bond motifs is 1. The van der Waals surface area contributed by atoms with Crippen LogP contribution in [0.2, 0.25) is 0 Å². The molecule has 0 saturated heterocycles. The summed E-state index contributed by atoms with van der Waals surface area (Å²) in [6.45, 7) is 2.15. The molecule has 1 aliphatic rings. The standard InChI is InChI=1S/C16H19NO/c1-11-5-3-7-14-13(10-17(2)16(11)14)9-12-6-4-8-15(12)18/h3,5,7,10,12H,4,6,8-9H2,1-2H3. The first-order valence-corrected chi connectivity index (χ1v) is 6.73. The lowest BCUT2D eigenvalue weighted by Gasteiger charge is -2.06. The quantitative estimate of drug-likeness (QED) is 0.790. The van der Waals surface area contributed by atoms with Crippen LogP contribution in [0, 0.1) is 12.8 Å². The molecular formula is C16H19NO. The van der Waals surface area contributed by atoms with Crippen LogP contribution in [0.25, 0.3) is 10.9 Å². The summed E-state index contributed by atoms with van der Waals surface area (Å²) in [6, 6.07) is 6.43. The summed E-state index contributed by atoms with van der Waals surface area (Å²) in [5.74, 6) is 0.718. The van der Waals surface area contributed by atoms with E-state index < -0.39 is 0 Å². The van der Waals surface area contributed by atoms with E-state index in [-0.39, 0.29) is 5.92 Å². The summed E-state index contributed by atoms with van der Waals surface area (Å²) in [4.78, 5) is 11.8. The number of hydrogen-bond donors (Lipinski definition) is 0. The van der Waals surface area contributed by atoms with Crippen molar-refractivity contribution >= 4 is 16.7 Å². The fourth-order valence-corrected chi connectivity index (χ4v) is 3.29. The minimum atomic E-state index is 0.260. The van der Waals surface area contributed by atoms with E-state index in [0.29, 0.717) is 5.78 Å². The third-order valence-electron chi connectivity index (χ3n) is 4.18. The molecule has 18 heavy (non-hydrogen) atoms. The number of rotatable bonds is 2. The van der Waals surface area contributed by atoms with Crippen molar-refractivity contribution in [3.05, 3.63) is 35.5 Å². The number of hydrogen-bond acceptors (Lipinski definition) is 1. The first-order chi connectivity index (χ1) is 8.66. The Hall–Kier alpha value is -1.57. The second-order valence-electron chi connectivity index (χ2n) is 5.50. The van der Waals surface area contributed by atoms with Crippen LogP contribution < -0.4 is 0 Å². The van der Waals surface area contributed by atoms with E-state index in [1.807, 2.05) is 0 Å². The number of nitrogens with zero attached hydrogens (tertiary/aromatic N) is 1. The molecule has 0 spiro atoms. The molecule has 1 fully saturated rings. The zero-order valence-electron chi connectivity index (χ0n) is 11.1. The van der Waals surface area contributed by atoms with Gasteiger partial charge in [0.2, 0.25) is 0 Å². The zero-order chi connectivity index (χ0) is 12.7. The van der Waals surface area contributed by atoms with Gasteiger partial charge in [-0.1, -0.05) is 18.2 Å². The Kier molecular flexibility index (Phi) is 2.73. The number of carbonyl (C=O) groups is 1. The number of aromatic nitrogens is 1. The summed E-state index contributed by atoms with van der Waals surface area (Å²) in [5, 5.41) is 1.32. The van der Waals surface area contributed by atoms with Gasteiger partial charge in [-0.2, -0.15) is 0 Å². The van der Waals surface area contributed by atoms with E-state index in [9.17, 15) is 4.79 Å². The van der Waals surface area contributed by atoms with Gasteiger partial charge in [0.1, 0.15) is 5.78 Å².